The molecule has 3 aromatic rings. The smallest absolute Gasteiger partial charge is 0.277 e. The van der Waals surface area contributed by atoms with Crippen LogP contribution in [0.3, 0.4) is 0 Å². The van der Waals surface area contributed by atoms with Gasteiger partial charge in [-0.05, 0) is 24.0 Å². The minimum absolute atomic E-state index is 0.0587. The highest BCUT2D eigenvalue weighted by Gasteiger charge is 2.16. The van der Waals surface area contributed by atoms with Gasteiger partial charge in [-0.3, -0.25) is 10.1 Å². The number of thiazole rings is 1. The normalized spacial score (nSPS) is 10.8. The molecule has 0 radical (unpaired) electrons. The van der Waals surface area contributed by atoms with Crippen molar-refractivity contribution >= 4 is 45.7 Å². The van der Waals surface area contributed by atoms with Crippen molar-refractivity contribution in [2.24, 2.45) is 0 Å². The van der Waals surface area contributed by atoms with Crippen LogP contribution in [0.5, 0.6) is 0 Å². The molecule has 134 valence electrons. The summed E-state index contributed by atoms with van der Waals surface area (Å²) in [5.74, 6) is -2.29. The summed E-state index contributed by atoms with van der Waals surface area (Å²) in [6.07, 6.45) is 5.09. The molecule has 2 heterocycles. The van der Waals surface area contributed by atoms with E-state index >= 15 is 0 Å². The van der Waals surface area contributed by atoms with Crippen molar-refractivity contribution in [3.63, 3.8) is 0 Å². The predicted molar refractivity (Wildman–Crippen MR) is 98.1 cm³/mol. The molecular weight excluding hydrogens is 402 g/mol. The number of hydrogen-bond donors (Lipinski definition) is 1. The quantitative estimate of drug-likeness (QED) is 0.496. The van der Waals surface area contributed by atoms with E-state index in [1.165, 1.54) is 35.4 Å². The van der Waals surface area contributed by atoms with Gasteiger partial charge >= 0.3 is 0 Å². The molecule has 0 aliphatic carbocycles. The number of anilines is 1. The summed E-state index contributed by atoms with van der Waals surface area (Å²) >= 11 is 8.49. The summed E-state index contributed by atoms with van der Waals surface area (Å²) in [5.41, 5.74) is 0.664. The lowest BCUT2D eigenvalue weighted by Crippen LogP contribution is -2.15. The Kier molecular flexibility index (Phi) is 5.80. The topological polar surface area (TPSA) is 67.8 Å². The lowest BCUT2D eigenvalue weighted by molar-refractivity contribution is 0.102. The van der Waals surface area contributed by atoms with Gasteiger partial charge in [0.1, 0.15) is 0 Å². The number of nitrogens with zero attached hydrogens (tertiary/aromatic N) is 3. The van der Waals surface area contributed by atoms with Crippen LogP contribution < -0.4 is 5.32 Å². The number of carbonyl (C=O) groups is 1. The Bertz CT molecular complexity index is 967. The first-order valence-corrected chi connectivity index (χ1v) is 9.64. The first-order chi connectivity index (χ1) is 12.5. The fourth-order valence-electron chi connectivity index (χ4n) is 2.06. The third-order valence-corrected chi connectivity index (χ3v) is 5.01. The van der Waals surface area contributed by atoms with Crippen molar-refractivity contribution in [3.8, 4) is 0 Å². The highest BCUT2D eigenvalue weighted by Crippen LogP contribution is 2.24. The number of benzene rings is 1. The van der Waals surface area contributed by atoms with E-state index in [9.17, 15) is 13.6 Å². The molecule has 1 aromatic carbocycles. The standard InChI is InChI=1S/C16H11ClF2N4OS2/c1-25-15-21-7-10(17)13(22-15)14(24)23-16-20-6-9(26-16)4-8-2-3-11(18)12(19)5-8/h2-3,5-7H,4H2,1H3,(H,20,23,24). The van der Waals surface area contributed by atoms with E-state index in [4.69, 9.17) is 11.6 Å². The van der Waals surface area contributed by atoms with Gasteiger partial charge in [0.2, 0.25) is 0 Å². The first kappa shape index (κ1) is 18.7. The molecule has 0 saturated carbocycles. The van der Waals surface area contributed by atoms with Crippen molar-refractivity contribution < 1.29 is 13.6 Å². The molecule has 0 unspecified atom stereocenters. The van der Waals surface area contributed by atoms with Crippen LogP contribution in [0.15, 0.2) is 35.7 Å². The van der Waals surface area contributed by atoms with Crippen LogP contribution in [0.4, 0.5) is 13.9 Å². The highest BCUT2D eigenvalue weighted by molar-refractivity contribution is 7.98. The number of hydrogen-bond acceptors (Lipinski definition) is 6. The number of carbonyl (C=O) groups excluding carboxylic acids is 1. The zero-order valence-electron chi connectivity index (χ0n) is 13.3. The van der Waals surface area contributed by atoms with E-state index in [0.29, 0.717) is 22.3 Å². The molecule has 1 N–H and O–H groups in total. The van der Waals surface area contributed by atoms with Crippen LogP contribution >= 0.6 is 34.7 Å². The Hall–Kier alpha value is -2.10. The Balaban J connectivity index is 1.72. The molecule has 3 rings (SSSR count). The highest BCUT2D eigenvalue weighted by atomic mass is 35.5. The molecule has 10 heteroatoms. The average molecular weight is 413 g/mol. The Labute approximate surface area is 160 Å². The lowest BCUT2D eigenvalue weighted by atomic mass is 10.1. The lowest BCUT2D eigenvalue weighted by Gasteiger charge is -2.04. The first-order valence-electron chi connectivity index (χ1n) is 7.23. The SMILES string of the molecule is CSc1ncc(Cl)c(C(=O)Nc2ncc(Cc3ccc(F)c(F)c3)s2)n1. The molecular formula is C16H11ClF2N4OS2. The third kappa shape index (κ3) is 4.35. The van der Waals surface area contributed by atoms with E-state index < -0.39 is 17.5 Å². The van der Waals surface area contributed by atoms with E-state index in [2.05, 4.69) is 20.3 Å². The van der Waals surface area contributed by atoms with Gasteiger partial charge in [0.05, 0.1) is 11.2 Å². The number of nitrogens with one attached hydrogen (secondary N) is 1. The molecule has 0 bridgehead atoms. The van der Waals surface area contributed by atoms with Crippen molar-refractivity contribution in [2.45, 2.75) is 11.6 Å². The van der Waals surface area contributed by atoms with Crippen molar-refractivity contribution in [1.29, 1.82) is 0 Å². The monoisotopic (exact) mass is 412 g/mol. The van der Waals surface area contributed by atoms with Crippen LogP contribution in [-0.4, -0.2) is 27.1 Å². The van der Waals surface area contributed by atoms with Crippen LogP contribution in [0.2, 0.25) is 5.02 Å². The van der Waals surface area contributed by atoms with Gasteiger partial charge in [0.25, 0.3) is 5.91 Å². The van der Waals surface area contributed by atoms with Crippen LogP contribution in [0.25, 0.3) is 0 Å². The second-order valence-electron chi connectivity index (χ2n) is 5.06. The average Bonchev–Trinajstić information content (AvgIpc) is 3.05. The minimum Gasteiger partial charge on any atom is -0.296 e. The van der Waals surface area contributed by atoms with E-state index in [-0.39, 0.29) is 10.7 Å². The molecule has 0 aliphatic rings. The molecule has 0 saturated heterocycles. The largest absolute Gasteiger partial charge is 0.296 e. The van der Waals surface area contributed by atoms with E-state index in [0.717, 1.165) is 17.0 Å². The number of amides is 1. The van der Waals surface area contributed by atoms with Gasteiger partial charge < -0.3 is 0 Å². The maximum absolute atomic E-state index is 13.3. The van der Waals surface area contributed by atoms with Crippen molar-refractivity contribution in [3.05, 3.63) is 63.4 Å². The molecule has 0 atom stereocenters. The van der Waals surface area contributed by atoms with Gasteiger partial charge in [-0.15, -0.1) is 11.3 Å². The van der Waals surface area contributed by atoms with Gasteiger partial charge in [0.15, 0.2) is 27.6 Å². The second-order valence-corrected chi connectivity index (χ2v) is 7.36. The number of halogens is 3. The van der Waals surface area contributed by atoms with Crippen molar-refractivity contribution in [2.75, 3.05) is 11.6 Å². The van der Waals surface area contributed by atoms with E-state index in [1.807, 2.05) is 0 Å². The number of rotatable bonds is 5. The minimum atomic E-state index is -0.899. The molecule has 0 aliphatic heterocycles. The number of thioether (sulfide) groups is 1. The molecule has 0 fully saturated rings. The molecule has 26 heavy (non-hydrogen) atoms. The Morgan fingerprint density at radius 1 is 1.27 bits per heavy atom. The summed E-state index contributed by atoms with van der Waals surface area (Å²) in [7, 11) is 0. The summed E-state index contributed by atoms with van der Waals surface area (Å²) in [4.78, 5) is 25.3. The summed E-state index contributed by atoms with van der Waals surface area (Å²) in [5, 5.41) is 3.55. The zero-order valence-corrected chi connectivity index (χ0v) is 15.7. The maximum atomic E-state index is 13.3. The molecule has 1 amide bonds. The maximum Gasteiger partial charge on any atom is 0.277 e. The fraction of sp³-hybridized carbons (Fsp3) is 0.125. The van der Waals surface area contributed by atoms with Crippen LogP contribution in [-0.2, 0) is 6.42 Å². The van der Waals surface area contributed by atoms with Gasteiger partial charge in [0, 0.05) is 17.5 Å². The van der Waals surface area contributed by atoms with Crippen LogP contribution in [0, 0.1) is 11.6 Å². The van der Waals surface area contributed by atoms with Gasteiger partial charge in [-0.25, -0.2) is 23.7 Å². The van der Waals surface area contributed by atoms with Gasteiger partial charge in [-0.1, -0.05) is 29.4 Å². The summed E-state index contributed by atoms with van der Waals surface area (Å²) in [6, 6.07) is 3.72. The summed E-state index contributed by atoms with van der Waals surface area (Å²) < 4.78 is 26.3. The molecule has 2 aromatic heterocycles. The zero-order chi connectivity index (χ0) is 18.7. The fourth-order valence-corrected chi connectivity index (χ4v) is 3.42. The molecule has 5 nitrogen and oxygen atoms in total. The predicted octanol–water partition coefficient (Wildman–Crippen LogP) is 4.43. The molecule has 0 spiro atoms. The van der Waals surface area contributed by atoms with E-state index in [1.54, 1.807) is 12.5 Å². The number of aromatic nitrogens is 3. The Morgan fingerprint density at radius 2 is 2.08 bits per heavy atom. The Morgan fingerprint density at radius 3 is 2.81 bits per heavy atom. The van der Waals surface area contributed by atoms with Crippen molar-refractivity contribution in [1.82, 2.24) is 15.0 Å². The van der Waals surface area contributed by atoms with Gasteiger partial charge in [-0.2, -0.15) is 0 Å². The second kappa shape index (κ2) is 8.07. The summed E-state index contributed by atoms with van der Waals surface area (Å²) in [6.45, 7) is 0. The third-order valence-electron chi connectivity index (χ3n) is 3.26. The van der Waals surface area contributed by atoms with Crippen LogP contribution in [0.1, 0.15) is 20.9 Å².